The average Bonchev–Trinajstić information content (AvgIpc) is 1.99. The van der Waals surface area contributed by atoms with E-state index in [9.17, 15) is 4.79 Å². The first-order chi connectivity index (χ1) is 5.07. The molecule has 1 unspecified atom stereocenters. The van der Waals surface area contributed by atoms with Gasteiger partial charge < -0.3 is 10.8 Å². The quantitative estimate of drug-likeness (QED) is 0.561. The number of nitrogens with two attached hydrogens (primary N) is 1. The summed E-state index contributed by atoms with van der Waals surface area (Å²) < 4.78 is 0. The predicted octanol–water partition coefficient (Wildman–Crippen LogP) is 0.231. The van der Waals surface area contributed by atoms with Gasteiger partial charge in [-0.25, -0.2) is 0 Å². The molecule has 11 heavy (non-hydrogen) atoms. The molecule has 64 valence electrons. The first-order valence-corrected chi connectivity index (χ1v) is 3.64. The Morgan fingerprint density at radius 2 is 2.27 bits per heavy atom. The van der Waals surface area contributed by atoms with E-state index in [0.29, 0.717) is 18.4 Å². The molecular formula is C8H15NO2. The van der Waals surface area contributed by atoms with Gasteiger partial charge in [0.15, 0.2) is 5.78 Å². The van der Waals surface area contributed by atoms with Crippen LogP contribution in [0.5, 0.6) is 0 Å². The number of ketones is 1. The number of carbonyl (C=O) groups excluding carboxylic acids is 1. The van der Waals surface area contributed by atoms with Crippen LogP contribution in [0.15, 0.2) is 12.2 Å². The average molecular weight is 157 g/mol. The van der Waals surface area contributed by atoms with E-state index in [4.69, 9.17) is 10.8 Å². The Balaban J connectivity index is 3.54. The standard InChI is InChI=1S/C8H15NO2/c1-6(2)8(11)4-3-7(10)5-9/h7,10H,1,3-5,9H2,2H3. The lowest BCUT2D eigenvalue weighted by Gasteiger charge is -2.05. The number of rotatable bonds is 5. The minimum absolute atomic E-state index is 0.00231. The maximum Gasteiger partial charge on any atom is 0.158 e. The molecule has 0 aromatic rings. The van der Waals surface area contributed by atoms with E-state index in [1.807, 2.05) is 0 Å². The summed E-state index contributed by atoms with van der Waals surface area (Å²) in [7, 11) is 0. The van der Waals surface area contributed by atoms with Crippen LogP contribution in [0.1, 0.15) is 19.8 Å². The molecule has 0 saturated heterocycles. The van der Waals surface area contributed by atoms with E-state index in [2.05, 4.69) is 6.58 Å². The monoisotopic (exact) mass is 157 g/mol. The number of allylic oxidation sites excluding steroid dienone is 1. The van der Waals surface area contributed by atoms with Crippen molar-refractivity contribution in [2.45, 2.75) is 25.9 Å². The van der Waals surface area contributed by atoms with E-state index >= 15 is 0 Å². The Bertz CT molecular complexity index is 154. The van der Waals surface area contributed by atoms with Gasteiger partial charge in [0.05, 0.1) is 6.10 Å². The van der Waals surface area contributed by atoms with Crippen LogP contribution in [0.25, 0.3) is 0 Å². The van der Waals surface area contributed by atoms with Crippen LogP contribution in [0, 0.1) is 0 Å². The summed E-state index contributed by atoms with van der Waals surface area (Å²) in [5.41, 5.74) is 5.69. The molecule has 0 aromatic carbocycles. The van der Waals surface area contributed by atoms with Crippen LogP contribution >= 0.6 is 0 Å². The Morgan fingerprint density at radius 1 is 1.73 bits per heavy atom. The molecule has 3 nitrogen and oxygen atoms in total. The van der Waals surface area contributed by atoms with Gasteiger partial charge in [0, 0.05) is 13.0 Å². The van der Waals surface area contributed by atoms with Gasteiger partial charge in [-0.15, -0.1) is 0 Å². The molecule has 0 aliphatic rings. The van der Waals surface area contributed by atoms with Gasteiger partial charge in [-0.05, 0) is 18.9 Å². The molecule has 0 bridgehead atoms. The number of aliphatic hydroxyl groups is 1. The topological polar surface area (TPSA) is 63.3 Å². The Hall–Kier alpha value is -0.670. The number of hydrogen-bond acceptors (Lipinski definition) is 3. The van der Waals surface area contributed by atoms with Crippen LogP contribution in [0.4, 0.5) is 0 Å². The molecule has 0 saturated carbocycles. The first kappa shape index (κ1) is 10.3. The van der Waals surface area contributed by atoms with Crippen molar-refractivity contribution in [3.05, 3.63) is 12.2 Å². The van der Waals surface area contributed by atoms with Crippen LogP contribution in [-0.2, 0) is 4.79 Å². The highest BCUT2D eigenvalue weighted by molar-refractivity contribution is 5.94. The molecule has 3 heteroatoms. The molecular weight excluding hydrogens is 142 g/mol. The molecule has 3 N–H and O–H groups in total. The van der Waals surface area contributed by atoms with Crippen molar-refractivity contribution in [2.75, 3.05) is 6.54 Å². The Kier molecular flexibility index (Phi) is 4.74. The number of carbonyl (C=O) groups is 1. The van der Waals surface area contributed by atoms with Gasteiger partial charge in [0.2, 0.25) is 0 Å². The van der Waals surface area contributed by atoms with Crippen molar-refractivity contribution in [1.82, 2.24) is 0 Å². The van der Waals surface area contributed by atoms with Gasteiger partial charge in [-0.1, -0.05) is 6.58 Å². The number of hydrogen-bond donors (Lipinski definition) is 2. The normalized spacial score (nSPS) is 12.6. The molecule has 0 heterocycles. The molecule has 0 spiro atoms. The van der Waals surface area contributed by atoms with E-state index < -0.39 is 6.10 Å². The summed E-state index contributed by atoms with van der Waals surface area (Å²) in [5, 5.41) is 8.98. The third kappa shape index (κ3) is 4.70. The zero-order chi connectivity index (χ0) is 8.85. The second-order valence-electron chi connectivity index (χ2n) is 2.63. The van der Waals surface area contributed by atoms with Crippen molar-refractivity contribution < 1.29 is 9.90 Å². The van der Waals surface area contributed by atoms with Crippen LogP contribution in [0.3, 0.4) is 0 Å². The Morgan fingerprint density at radius 3 is 2.64 bits per heavy atom. The smallest absolute Gasteiger partial charge is 0.158 e. The molecule has 0 amide bonds. The summed E-state index contributed by atoms with van der Waals surface area (Å²) in [4.78, 5) is 10.9. The second kappa shape index (κ2) is 5.04. The molecule has 0 fully saturated rings. The van der Waals surface area contributed by atoms with Crippen LogP contribution in [0.2, 0.25) is 0 Å². The largest absolute Gasteiger partial charge is 0.392 e. The fourth-order valence-electron chi connectivity index (χ4n) is 0.629. The van der Waals surface area contributed by atoms with Crippen molar-refractivity contribution in [1.29, 1.82) is 0 Å². The second-order valence-corrected chi connectivity index (χ2v) is 2.63. The summed E-state index contributed by atoms with van der Waals surface area (Å²) in [6.07, 6.45) is 0.217. The first-order valence-electron chi connectivity index (χ1n) is 3.64. The number of aliphatic hydroxyl groups excluding tert-OH is 1. The van der Waals surface area contributed by atoms with E-state index in [1.54, 1.807) is 6.92 Å². The lowest BCUT2D eigenvalue weighted by atomic mass is 10.1. The predicted molar refractivity (Wildman–Crippen MR) is 44.1 cm³/mol. The van der Waals surface area contributed by atoms with Gasteiger partial charge in [-0.3, -0.25) is 4.79 Å². The lowest BCUT2D eigenvalue weighted by molar-refractivity contribution is -0.116. The summed E-state index contributed by atoms with van der Waals surface area (Å²) in [6.45, 7) is 5.37. The van der Waals surface area contributed by atoms with E-state index in [0.717, 1.165) is 0 Å². The highest BCUT2D eigenvalue weighted by Crippen LogP contribution is 2.01. The summed E-state index contributed by atoms with van der Waals surface area (Å²) >= 11 is 0. The third-order valence-corrected chi connectivity index (χ3v) is 1.45. The summed E-state index contributed by atoms with van der Waals surface area (Å²) in [6, 6.07) is 0. The van der Waals surface area contributed by atoms with E-state index in [-0.39, 0.29) is 12.3 Å². The van der Waals surface area contributed by atoms with Crippen LogP contribution < -0.4 is 5.73 Å². The maximum absolute atomic E-state index is 10.9. The highest BCUT2D eigenvalue weighted by atomic mass is 16.3. The molecule has 0 rings (SSSR count). The summed E-state index contributed by atoms with van der Waals surface area (Å²) in [5.74, 6) is -0.00231. The minimum Gasteiger partial charge on any atom is -0.392 e. The van der Waals surface area contributed by atoms with Crippen molar-refractivity contribution in [3.8, 4) is 0 Å². The zero-order valence-corrected chi connectivity index (χ0v) is 6.84. The van der Waals surface area contributed by atoms with Crippen molar-refractivity contribution >= 4 is 5.78 Å². The minimum atomic E-state index is -0.557. The van der Waals surface area contributed by atoms with Crippen molar-refractivity contribution in [3.63, 3.8) is 0 Å². The third-order valence-electron chi connectivity index (χ3n) is 1.45. The molecule has 1 atom stereocenters. The van der Waals surface area contributed by atoms with Crippen molar-refractivity contribution in [2.24, 2.45) is 5.73 Å². The lowest BCUT2D eigenvalue weighted by Crippen LogP contribution is -2.20. The highest BCUT2D eigenvalue weighted by Gasteiger charge is 2.06. The zero-order valence-electron chi connectivity index (χ0n) is 6.84. The molecule has 0 aromatic heterocycles. The van der Waals surface area contributed by atoms with E-state index in [1.165, 1.54) is 0 Å². The van der Waals surface area contributed by atoms with Gasteiger partial charge >= 0.3 is 0 Å². The van der Waals surface area contributed by atoms with Gasteiger partial charge in [0.1, 0.15) is 0 Å². The fraction of sp³-hybridized carbons (Fsp3) is 0.625. The molecule has 0 aliphatic heterocycles. The fourth-order valence-corrected chi connectivity index (χ4v) is 0.629. The van der Waals surface area contributed by atoms with Crippen LogP contribution in [-0.4, -0.2) is 23.5 Å². The molecule has 0 radical (unpaired) electrons. The SMILES string of the molecule is C=C(C)C(=O)CCC(O)CN. The Labute approximate surface area is 66.9 Å². The van der Waals surface area contributed by atoms with Gasteiger partial charge in [0.25, 0.3) is 0 Å². The molecule has 0 aliphatic carbocycles. The maximum atomic E-state index is 10.9. The van der Waals surface area contributed by atoms with Gasteiger partial charge in [-0.2, -0.15) is 0 Å². The number of Topliss-reactive ketones (excluding diaryl/α,β-unsaturated/α-hetero) is 1.